The van der Waals surface area contributed by atoms with Gasteiger partial charge in [-0.2, -0.15) is 4.98 Å². The number of aromatic nitrogens is 2. The monoisotopic (exact) mass is 471 g/mol. The predicted molar refractivity (Wildman–Crippen MR) is 110 cm³/mol. The molecular formula is C20H26FN3O9. The summed E-state index contributed by atoms with van der Waals surface area (Å²) in [6.45, 7) is 8.47. The molecule has 0 bridgehead atoms. The number of carbonyl (C=O) groups is 3. The van der Waals surface area contributed by atoms with Crippen LogP contribution in [0.2, 0.25) is 0 Å². The average molecular weight is 471 g/mol. The molecule has 12 nitrogen and oxygen atoms in total. The number of rotatable bonds is 7. The molecule has 182 valence electrons. The lowest BCUT2D eigenvalue weighted by atomic mass is 10.1. The second-order valence-electron chi connectivity index (χ2n) is 8.17. The number of esters is 2. The number of amides is 1. The smallest absolute Gasteiger partial charge is 0.413 e. The van der Waals surface area contributed by atoms with Crippen molar-refractivity contribution in [2.75, 3.05) is 18.5 Å². The van der Waals surface area contributed by atoms with Crippen LogP contribution in [0.4, 0.5) is 15.0 Å². The van der Waals surface area contributed by atoms with Gasteiger partial charge in [-0.1, -0.05) is 6.58 Å². The van der Waals surface area contributed by atoms with Crippen molar-refractivity contribution in [2.24, 2.45) is 0 Å². The van der Waals surface area contributed by atoms with Gasteiger partial charge in [0.05, 0.1) is 0 Å². The van der Waals surface area contributed by atoms with E-state index in [-0.39, 0.29) is 11.4 Å². The Balaban J connectivity index is 1.97. The van der Waals surface area contributed by atoms with Crippen molar-refractivity contribution in [1.29, 1.82) is 0 Å². The molecule has 1 saturated heterocycles. The van der Waals surface area contributed by atoms with Crippen LogP contribution in [0, 0.1) is 0 Å². The molecular weight excluding hydrogens is 445 g/mol. The molecule has 0 aromatic carbocycles. The van der Waals surface area contributed by atoms with Gasteiger partial charge in [0.25, 0.3) is 0 Å². The first-order valence-electron chi connectivity index (χ1n) is 9.83. The first-order valence-corrected chi connectivity index (χ1v) is 9.83. The lowest BCUT2D eigenvalue weighted by Gasteiger charge is -2.20. The Hall–Kier alpha value is -3.32. The van der Waals surface area contributed by atoms with Gasteiger partial charge in [0.1, 0.15) is 30.2 Å². The fourth-order valence-electron chi connectivity index (χ4n) is 2.61. The number of halogens is 1. The molecule has 2 rings (SSSR count). The number of alkyl halides is 1. The number of anilines is 1. The number of hydrogen-bond donors (Lipinski definition) is 2. The summed E-state index contributed by atoms with van der Waals surface area (Å²) in [7, 11) is 0. The summed E-state index contributed by atoms with van der Waals surface area (Å²) in [5, 5.41) is 12.3. The molecule has 2 heterocycles. The Labute approximate surface area is 188 Å². The Morgan fingerprint density at radius 3 is 2.58 bits per heavy atom. The molecule has 4 atom stereocenters. The number of nitrogens with zero attached hydrogens (tertiary/aromatic N) is 2. The van der Waals surface area contributed by atoms with Crippen molar-refractivity contribution in [3.63, 3.8) is 0 Å². The van der Waals surface area contributed by atoms with Crippen LogP contribution in [0.5, 0.6) is 0 Å². The van der Waals surface area contributed by atoms with Gasteiger partial charge in [-0.25, -0.2) is 23.6 Å². The molecule has 1 unspecified atom stereocenters. The van der Waals surface area contributed by atoms with Crippen LogP contribution in [0.1, 0.15) is 33.9 Å². The molecule has 0 aliphatic carbocycles. The Morgan fingerprint density at radius 2 is 2.00 bits per heavy atom. The van der Waals surface area contributed by atoms with Crippen LogP contribution >= 0.6 is 0 Å². The second kappa shape index (κ2) is 10.5. The minimum absolute atomic E-state index is 0.0897. The van der Waals surface area contributed by atoms with Crippen LogP contribution < -0.4 is 11.0 Å². The van der Waals surface area contributed by atoms with Crippen LogP contribution in [-0.4, -0.2) is 69.9 Å². The van der Waals surface area contributed by atoms with Gasteiger partial charge < -0.3 is 24.1 Å². The summed E-state index contributed by atoms with van der Waals surface area (Å²) in [6, 6.07) is 1.22. The Morgan fingerprint density at radius 1 is 1.33 bits per heavy atom. The topological polar surface area (TPSA) is 155 Å². The molecule has 0 saturated carbocycles. The van der Waals surface area contributed by atoms with E-state index in [0.29, 0.717) is 0 Å². The molecule has 0 spiro atoms. The van der Waals surface area contributed by atoms with E-state index in [9.17, 15) is 28.7 Å². The van der Waals surface area contributed by atoms with Gasteiger partial charge >= 0.3 is 23.7 Å². The fraction of sp³-hybridized carbons (Fsp3) is 0.550. The molecule has 1 aromatic heterocycles. The van der Waals surface area contributed by atoms with Crippen molar-refractivity contribution in [3.05, 3.63) is 34.9 Å². The molecule has 1 aromatic rings. The van der Waals surface area contributed by atoms with Crippen molar-refractivity contribution in [3.8, 4) is 0 Å². The largest absolute Gasteiger partial charge is 0.460 e. The van der Waals surface area contributed by atoms with Gasteiger partial charge in [-0.15, -0.1) is 0 Å². The van der Waals surface area contributed by atoms with E-state index >= 15 is 0 Å². The number of hydrogen-bond acceptors (Lipinski definition) is 10. The van der Waals surface area contributed by atoms with Crippen LogP contribution in [-0.2, 0) is 28.5 Å². The van der Waals surface area contributed by atoms with E-state index < -0.39 is 67.1 Å². The molecule has 33 heavy (non-hydrogen) atoms. The van der Waals surface area contributed by atoms with E-state index in [4.69, 9.17) is 14.2 Å². The quantitative estimate of drug-likeness (QED) is 0.332. The van der Waals surface area contributed by atoms with Gasteiger partial charge in [0.15, 0.2) is 19.0 Å². The van der Waals surface area contributed by atoms with Crippen LogP contribution in [0.15, 0.2) is 29.2 Å². The van der Waals surface area contributed by atoms with Crippen LogP contribution in [0.25, 0.3) is 0 Å². The third-order valence-corrected chi connectivity index (χ3v) is 4.11. The summed E-state index contributed by atoms with van der Waals surface area (Å²) in [6.07, 6.45) is -6.32. The number of nitrogens with one attached hydrogen (secondary N) is 1. The number of ether oxygens (including phenoxy) is 4. The lowest BCUT2D eigenvalue weighted by Crippen LogP contribution is -2.34. The summed E-state index contributed by atoms with van der Waals surface area (Å²) in [5.74, 6) is -1.87. The summed E-state index contributed by atoms with van der Waals surface area (Å²) in [5.41, 5.74) is -1.64. The van der Waals surface area contributed by atoms with Gasteiger partial charge in [0.2, 0.25) is 0 Å². The van der Waals surface area contributed by atoms with E-state index in [0.717, 1.165) is 10.8 Å². The van der Waals surface area contributed by atoms with Crippen molar-refractivity contribution >= 4 is 23.8 Å². The van der Waals surface area contributed by atoms with Crippen LogP contribution in [0.3, 0.4) is 0 Å². The van der Waals surface area contributed by atoms with Gasteiger partial charge in [-0.3, -0.25) is 9.88 Å². The number of aliphatic hydroxyl groups is 1. The highest BCUT2D eigenvalue weighted by Crippen LogP contribution is 2.31. The van der Waals surface area contributed by atoms with Crippen molar-refractivity contribution < 1.29 is 42.8 Å². The summed E-state index contributed by atoms with van der Waals surface area (Å²) >= 11 is 0. The molecule has 1 aliphatic rings. The molecule has 1 amide bonds. The zero-order chi connectivity index (χ0) is 24.9. The summed E-state index contributed by atoms with van der Waals surface area (Å²) in [4.78, 5) is 50.7. The van der Waals surface area contributed by atoms with E-state index in [1.165, 1.54) is 13.0 Å². The van der Waals surface area contributed by atoms with E-state index in [1.807, 2.05) is 0 Å². The highest BCUT2D eigenvalue weighted by molar-refractivity contribution is 5.88. The maximum absolute atomic E-state index is 14.6. The van der Waals surface area contributed by atoms with E-state index in [2.05, 4.69) is 21.6 Å². The maximum atomic E-state index is 14.6. The fourth-order valence-corrected chi connectivity index (χ4v) is 2.61. The SMILES string of the molecule is C=C(C)C(=O)OCC(=O)OC[C@H]1O[C@@H](n2ccc(NC(=O)OC(C)(C)C)nc2=O)C(F)[C@H]1O. The Bertz CT molecular complexity index is 972. The van der Waals surface area contributed by atoms with Gasteiger partial charge in [-0.05, 0) is 33.8 Å². The zero-order valence-corrected chi connectivity index (χ0v) is 18.6. The number of aliphatic hydroxyl groups excluding tert-OH is 1. The Kier molecular flexibility index (Phi) is 8.28. The first kappa shape index (κ1) is 25.9. The predicted octanol–water partition coefficient (Wildman–Crippen LogP) is 0.849. The third-order valence-electron chi connectivity index (χ3n) is 4.11. The second-order valence-corrected chi connectivity index (χ2v) is 8.17. The molecule has 0 radical (unpaired) electrons. The first-order chi connectivity index (χ1) is 15.3. The minimum atomic E-state index is -2.04. The summed E-state index contributed by atoms with van der Waals surface area (Å²) < 4.78 is 35.2. The third kappa shape index (κ3) is 7.36. The molecule has 2 N–H and O–H groups in total. The highest BCUT2D eigenvalue weighted by atomic mass is 19.1. The van der Waals surface area contributed by atoms with Crippen molar-refractivity contribution in [1.82, 2.24) is 9.55 Å². The normalized spacial score (nSPS) is 22.4. The highest BCUT2D eigenvalue weighted by Gasteiger charge is 2.46. The average Bonchev–Trinajstić information content (AvgIpc) is 2.97. The standard InChI is InChI=1S/C20H26FN3O9/c1-10(2)17(27)31-9-13(25)30-8-11-15(26)14(21)16(32-11)24-7-6-12(22-18(24)28)23-19(29)33-20(3,4)5/h6-7,11,14-16,26H,1,8-9H2,2-5H3,(H,22,23,28,29)/t11-,14?,15+,16-/m1/s1. The zero-order valence-electron chi connectivity index (χ0n) is 18.6. The minimum Gasteiger partial charge on any atom is -0.460 e. The molecule has 1 aliphatic heterocycles. The van der Waals surface area contributed by atoms with E-state index in [1.54, 1.807) is 20.8 Å². The maximum Gasteiger partial charge on any atom is 0.413 e. The van der Waals surface area contributed by atoms with Gasteiger partial charge in [0, 0.05) is 11.8 Å². The lowest BCUT2D eigenvalue weighted by molar-refractivity contribution is -0.160. The molecule has 13 heteroatoms. The molecule has 1 fully saturated rings. The number of carbonyl (C=O) groups excluding carboxylic acids is 3. The van der Waals surface area contributed by atoms with Crippen molar-refractivity contribution in [2.45, 2.75) is 57.9 Å².